The van der Waals surface area contributed by atoms with Crippen LogP contribution in [0.25, 0.3) is 0 Å². The van der Waals surface area contributed by atoms with Crippen LogP contribution in [-0.2, 0) is 26.0 Å². The normalized spacial score (nSPS) is 14.7. The Hall–Kier alpha value is -3.36. The third kappa shape index (κ3) is 8.11. The molecule has 41 heavy (non-hydrogen) atoms. The first kappa shape index (κ1) is 30.6. The second kappa shape index (κ2) is 14.0. The molecule has 0 bridgehead atoms. The van der Waals surface area contributed by atoms with Crippen LogP contribution in [-0.4, -0.2) is 50.3 Å². The Morgan fingerprint density at radius 3 is 2.20 bits per heavy atom. The zero-order valence-corrected chi connectivity index (χ0v) is 25.2. The van der Waals surface area contributed by atoms with E-state index in [-0.39, 0.29) is 23.4 Å². The van der Waals surface area contributed by atoms with Crippen LogP contribution in [0.15, 0.2) is 83.8 Å². The number of sulfonamides is 1. The molecule has 0 radical (unpaired) electrons. The number of halogens is 1. The highest BCUT2D eigenvalue weighted by Crippen LogP contribution is 2.26. The minimum atomic E-state index is -4.12. The standard InChI is InChI=1S/C32H38ClN3O4S/c1-24-13-17-29(18-14-24)36(41(39,40)30-19-15-27(33)16-20-30)23-31(37)35(22-21-26-9-5-3-6-10-26)25(2)32(38)34-28-11-7-4-8-12-28/h3,5-6,9-10,13-20,25,28H,4,7-8,11-12,21-23H2,1-2H3,(H,34,38). The van der Waals surface area contributed by atoms with Crippen LogP contribution >= 0.6 is 11.6 Å². The van der Waals surface area contributed by atoms with Gasteiger partial charge >= 0.3 is 0 Å². The third-order valence-corrected chi connectivity index (χ3v) is 9.65. The number of nitrogens with one attached hydrogen (secondary N) is 1. The van der Waals surface area contributed by atoms with Crippen molar-refractivity contribution in [2.24, 2.45) is 0 Å². The smallest absolute Gasteiger partial charge is 0.264 e. The molecule has 2 amide bonds. The molecule has 9 heteroatoms. The minimum absolute atomic E-state index is 0.0224. The maximum absolute atomic E-state index is 14.0. The van der Waals surface area contributed by atoms with E-state index in [1.165, 1.54) is 35.6 Å². The number of amides is 2. The van der Waals surface area contributed by atoms with Crippen LogP contribution in [0.2, 0.25) is 5.02 Å². The van der Waals surface area contributed by atoms with E-state index < -0.39 is 28.5 Å². The summed E-state index contributed by atoms with van der Waals surface area (Å²) in [7, 11) is -4.12. The molecule has 1 atom stereocenters. The summed E-state index contributed by atoms with van der Waals surface area (Å²) in [6, 6.07) is 21.9. The first-order valence-electron chi connectivity index (χ1n) is 14.1. The SMILES string of the molecule is Cc1ccc(N(CC(=O)N(CCc2ccccc2)C(C)C(=O)NC2CCCCC2)S(=O)(=O)c2ccc(Cl)cc2)cc1. The number of carbonyl (C=O) groups is 2. The fourth-order valence-electron chi connectivity index (χ4n) is 5.11. The van der Waals surface area contributed by atoms with Gasteiger partial charge in [0.25, 0.3) is 10.0 Å². The topological polar surface area (TPSA) is 86.8 Å². The molecule has 218 valence electrons. The summed E-state index contributed by atoms with van der Waals surface area (Å²) in [5.41, 5.74) is 2.34. The van der Waals surface area contributed by atoms with Crippen molar-refractivity contribution in [2.45, 2.75) is 69.4 Å². The molecule has 1 aliphatic carbocycles. The predicted molar refractivity (Wildman–Crippen MR) is 163 cm³/mol. The molecule has 0 heterocycles. The second-order valence-electron chi connectivity index (χ2n) is 10.6. The van der Waals surface area contributed by atoms with Crippen molar-refractivity contribution in [3.05, 3.63) is 95.0 Å². The summed E-state index contributed by atoms with van der Waals surface area (Å²) in [6.07, 6.45) is 5.70. The van der Waals surface area contributed by atoms with E-state index >= 15 is 0 Å². The molecule has 1 fully saturated rings. The molecule has 0 saturated heterocycles. The second-order valence-corrected chi connectivity index (χ2v) is 12.9. The van der Waals surface area contributed by atoms with E-state index in [2.05, 4.69) is 5.32 Å². The lowest BCUT2D eigenvalue weighted by molar-refractivity contribution is -0.139. The first-order valence-corrected chi connectivity index (χ1v) is 16.0. The molecular formula is C32H38ClN3O4S. The van der Waals surface area contributed by atoms with Gasteiger partial charge in [0, 0.05) is 17.6 Å². The van der Waals surface area contributed by atoms with Crippen LogP contribution in [0.3, 0.4) is 0 Å². The number of hydrogen-bond donors (Lipinski definition) is 1. The summed E-state index contributed by atoms with van der Waals surface area (Å²) in [5.74, 6) is -0.675. The molecule has 1 unspecified atom stereocenters. The number of hydrogen-bond acceptors (Lipinski definition) is 4. The molecule has 0 aromatic heterocycles. The van der Waals surface area contributed by atoms with Crippen molar-refractivity contribution >= 4 is 39.1 Å². The molecule has 4 rings (SSSR count). The quantitative estimate of drug-likeness (QED) is 0.306. The maximum atomic E-state index is 14.0. The van der Waals surface area contributed by atoms with Gasteiger partial charge in [0.05, 0.1) is 10.6 Å². The fraction of sp³-hybridized carbons (Fsp3) is 0.375. The largest absolute Gasteiger partial charge is 0.352 e. The third-order valence-electron chi connectivity index (χ3n) is 7.61. The van der Waals surface area contributed by atoms with Crippen molar-refractivity contribution in [1.29, 1.82) is 0 Å². The number of benzene rings is 3. The number of aryl methyl sites for hydroxylation is 1. The molecule has 1 N–H and O–H groups in total. The van der Waals surface area contributed by atoms with Crippen LogP contribution in [0.4, 0.5) is 5.69 Å². The Labute approximate surface area is 248 Å². The van der Waals surface area contributed by atoms with Gasteiger partial charge in [-0.05, 0) is 75.1 Å². The molecule has 0 spiro atoms. The molecule has 1 saturated carbocycles. The van der Waals surface area contributed by atoms with Gasteiger partial charge in [-0.1, -0.05) is 78.9 Å². The maximum Gasteiger partial charge on any atom is 0.264 e. The summed E-state index contributed by atoms with van der Waals surface area (Å²) in [6.45, 7) is 3.44. The zero-order valence-electron chi connectivity index (χ0n) is 23.6. The number of carbonyl (C=O) groups excluding carboxylic acids is 2. The van der Waals surface area contributed by atoms with Crippen molar-refractivity contribution in [3.63, 3.8) is 0 Å². The molecular weight excluding hydrogens is 558 g/mol. The van der Waals surface area contributed by atoms with Gasteiger partial charge in [-0.25, -0.2) is 8.42 Å². The van der Waals surface area contributed by atoms with Crippen molar-refractivity contribution < 1.29 is 18.0 Å². The van der Waals surface area contributed by atoms with E-state index in [4.69, 9.17) is 11.6 Å². The van der Waals surface area contributed by atoms with Gasteiger partial charge in [0.15, 0.2) is 0 Å². The molecule has 0 aliphatic heterocycles. The van der Waals surface area contributed by atoms with Gasteiger partial charge in [-0.3, -0.25) is 13.9 Å². The minimum Gasteiger partial charge on any atom is -0.352 e. The highest BCUT2D eigenvalue weighted by Gasteiger charge is 2.33. The highest BCUT2D eigenvalue weighted by molar-refractivity contribution is 7.92. The van der Waals surface area contributed by atoms with E-state index in [1.807, 2.05) is 37.3 Å². The van der Waals surface area contributed by atoms with Crippen LogP contribution in [0.1, 0.15) is 50.2 Å². The Morgan fingerprint density at radius 2 is 1.56 bits per heavy atom. The van der Waals surface area contributed by atoms with E-state index in [9.17, 15) is 18.0 Å². The van der Waals surface area contributed by atoms with Crippen LogP contribution < -0.4 is 9.62 Å². The van der Waals surface area contributed by atoms with E-state index in [0.29, 0.717) is 17.1 Å². The lowest BCUT2D eigenvalue weighted by Crippen LogP contribution is -2.53. The van der Waals surface area contributed by atoms with Gasteiger partial charge in [-0.15, -0.1) is 0 Å². The van der Waals surface area contributed by atoms with Crippen molar-refractivity contribution in [1.82, 2.24) is 10.2 Å². The van der Waals surface area contributed by atoms with Gasteiger partial charge < -0.3 is 10.2 Å². The summed E-state index contributed by atoms with van der Waals surface area (Å²) >= 11 is 6.01. The summed E-state index contributed by atoms with van der Waals surface area (Å²) in [4.78, 5) is 28.9. The van der Waals surface area contributed by atoms with Crippen molar-refractivity contribution in [3.8, 4) is 0 Å². The Kier molecular flexibility index (Phi) is 10.5. The lowest BCUT2D eigenvalue weighted by Gasteiger charge is -2.33. The lowest BCUT2D eigenvalue weighted by atomic mass is 9.95. The molecule has 3 aromatic carbocycles. The van der Waals surface area contributed by atoms with Crippen molar-refractivity contribution in [2.75, 3.05) is 17.4 Å². The molecule has 1 aliphatic rings. The van der Waals surface area contributed by atoms with E-state index in [0.717, 1.165) is 41.1 Å². The van der Waals surface area contributed by atoms with E-state index in [1.54, 1.807) is 31.2 Å². The van der Waals surface area contributed by atoms with Gasteiger partial charge in [-0.2, -0.15) is 0 Å². The average molecular weight is 596 g/mol. The Balaban J connectivity index is 1.63. The Morgan fingerprint density at radius 1 is 0.927 bits per heavy atom. The summed E-state index contributed by atoms with van der Waals surface area (Å²) in [5, 5.41) is 3.54. The summed E-state index contributed by atoms with van der Waals surface area (Å²) < 4.78 is 28.8. The first-order chi connectivity index (χ1) is 19.6. The van der Waals surface area contributed by atoms with Gasteiger partial charge in [0.2, 0.25) is 11.8 Å². The molecule has 7 nitrogen and oxygen atoms in total. The number of nitrogens with zero attached hydrogens (tertiary/aromatic N) is 2. The number of rotatable bonds is 11. The number of anilines is 1. The Bertz CT molecular complexity index is 1410. The average Bonchev–Trinajstić information content (AvgIpc) is 2.97. The van der Waals surface area contributed by atoms with Crippen LogP contribution in [0, 0.1) is 6.92 Å². The highest BCUT2D eigenvalue weighted by atomic mass is 35.5. The monoisotopic (exact) mass is 595 g/mol. The van der Waals surface area contributed by atoms with Gasteiger partial charge in [0.1, 0.15) is 12.6 Å². The van der Waals surface area contributed by atoms with Crippen LogP contribution in [0.5, 0.6) is 0 Å². The zero-order chi connectivity index (χ0) is 29.4. The molecule has 3 aromatic rings. The predicted octanol–water partition coefficient (Wildman–Crippen LogP) is 5.75. The fourth-order valence-corrected chi connectivity index (χ4v) is 6.65.